The molecule has 32 heavy (non-hydrogen) atoms. The lowest BCUT2D eigenvalue weighted by Gasteiger charge is -2.34. The van der Waals surface area contributed by atoms with Crippen molar-refractivity contribution in [2.45, 2.75) is 57.5 Å². The number of benzene rings is 1. The second-order valence-electron chi connectivity index (χ2n) is 10.2. The number of aryl methyl sites for hydroxylation is 1. The number of ether oxygens (including phenoxy) is 1. The minimum Gasteiger partial charge on any atom is -0.491 e. The van der Waals surface area contributed by atoms with Gasteiger partial charge in [0.05, 0.1) is 11.6 Å². The number of nitrogens with one attached hydrogen (secondary N) is 2. The fourth-order valence-corrected chi connectivity index (χ4v) is 5.97. The third-order valence-electron chi connectivity index (χ3n) is 7.72. The molecule has 4 atom stereocenters. The molecule has 6 rings (SSSR count). The molecule has 6 heteroatoms. The van der Waals surface area contributed by atoms with Crippen LogP contribution in [0, 0.1) is 11.8 Å². The van der Waals surface area contributed by atoms with Crippen molar-refractivity contribution >= 4 is 17.4 Å². The molecule has 0 radical (unpaired) electrons. The molecule has 0 spiro atoms. The van der Waals surface area contributed by atoms with Crippen LogP contribution in [0.1, 0.15) is 54.1 Å². The summed E-state index contributed by atoms with van der Waals surface area (Å²) in [7, 11) is 0. The first-order valence-corrected chi connectivity index (χ1v) is 12.2. The van der Waals surface area contributed by atoms with E-state index >= 15 is 0 Å². The summed E-state index contributed by atoms with van der Waals surface area (Å²) >= 11 is 0. The molecule has 6 nitrogen and oxygen atoms in total. The quantitative estimate of drug-likeness (QED) is 0.772. The standard InChI is InChI=1S/C26H32N4O2/c1-16-2-5-20-9-21(12-27-25(20)28-16)26(31)29-22-10-19-6-7-23(11-24(19)32-15-22)30-13-17-3-4-18(8-17)14-30/h6-7,9,11-12,16-18,22H,2-5,8,10,13-15H2,1H3,(H,27,28)(H,29,31)/t16-,17?,18?,22-/m1/s1. The number of aromatic nitrogens is 1. The summed E-state index contributed by atoms with van der Waals surface area (Å²) < 4.78 is 6.11. The number of rotatable bonds is 3. The second kappa shape index (κ2) is 7.98. The van der Waals surface area contributed by atoms with Gasteiger partial charge in [0, 0.05) is 37.1 Å². The summed E-state index contributed by atoms with van der Waals surface area (Å²) in [6.45, 7) is 5.02. The van der Waals surface area contributed by atoms with Gasteiger partial charge in [-0.05, 0) is 80.5 Å². The van der Waals surface area contributed by atoms with Gasteiger partial charge in [-0.3, -0.25) is 4.79 Å². The zero-order chi connectivity index (χ0) is 21.7. The van der Waals surface area contributed by atoms with Gasteiger partial charge in [-0.2, -0.15) is 0 Å². The van der Waals surface area contributed by atoms with E-state index in [9.17, 15) is 4.79 Å². The molecule has 1 saturated carbocycles. The van der Waals surface area contributed by atoms with Crippen LogP contribution < -0.4 is 20.3 Å². The van der Waals surface area contributed by atoms with Gasteiger partial charge in [0.1, 0.15) is 18.2 Å². The lowest BCUT2D eigenvalue weighted by atomic mass is 9.97. The Hall–Kier alpha value is -2.76. The van der Waals surface area contributed by atoms with E-state index in [0.29, 0.717) is 18.2 Å². The fourth-order valence-electron chi connectivity index (χ4n) is 5.97. The van der Waals surface area contributed by atoms with Gasteiger partial charge < -0.3 is 20.3 Å². The minimum atomic E-state index is -0.0728. The molecule has 2 N–H and O–H groups in total. The number of hydrogen-bond donors (Lipinski definition) is 2. The van der Waals surface area contributed by atoms with Crippen LogP contribution in [-0.4, -0.2) is 42.7 Å². The summed E-state index contributed by atoms with van der Waals surface area (Å²) in [6, 6.07) is 9.01. The number of hydrogen-bond acceptors (Lipinski definition) is 5. The first-order valence-electron chi connectivity index (χ1n) is 12.2. The Morgan fingerprint density at radius 2 is 2.00 bits per heavy atom. The van der Waals surface area contributed by atoms with Crippen LogP contribution in [-0.2, 0) is 12.8 Å². The second-order valence-corrected chi connectivity index (χ2v) is 10.2. The van der Waals surface area contributed by atoms with Crippen LogP contribution in [0.15, 0.2) is 30.5 Å². The number of amides is 1. The highest BCUT2D eigenvalue weighted by Gasteiger charge is 2.33. The van der Waals surface area contributed by atoms with Gasteiger partial charge >= 0.3 is 0 Å². The molecule has 1 aromatic heterocycles. The first-order chi connectivity index (χ1) is 15.6. The number of anilines is 2. The smallest absolute Gasteiger partial charge is 0.253 e. The maximum atomic E-state index is 12.9. The van der Waals surface area contributed by atoms with E-state index in [4.69, 9.17) is 4.74 Å². The van der Waals surface area contributed by atoms with Crippen molar-refractivity contribution in [3.8, 4) is 5.75 Å². The minimum absolute atomic E-state index is 0.0270. The number of fused-ring (bicyclic) bond motifs is 4. The lowest BCUT2D eigenvalue weighted by molar-refractivity contribution is 0.0915. The van der Waals surface area contributed by atoms with Crippen molar-refractivity contribution in [1.29, 1.82) is 0 Å². The maximum Gasteiger partial charge on any atom is 0.253 e. The Labute approximate surface area is 189 Å². The van der Waals surface area contributed by atoms with Crippen LogP contribution in [0.5, 0.6) is 5.75 Å². The predicted octanol–water partition coefficient (Wildman–Crippen LogP) is 3.80. The number of pyridine rings is 1. The van der Waals surface area contributed by atoms with Crippen molar-refractivity contribution in [1.82, 2.24) is 10.3 Å². The molecule has 1 aliphatic carbocycles. The molecule has 2 bridgehead atoms. The van der Waals surface area contributed by atoms with Crippen molar-refractivity contribution in [3.05, 3.63) is 47.2 Å². The van der Waals surface area contributed by atoms with Gasteiger partial charge in [0.15, 0.2) is 0 Å². The highest BCUT2D eigenvalue weighted by Crippen LogP contribution is 2.39. The summed E-state index contributed by atoms with van der Waals surface area (Å²) in [5.41, 5.74) is 4.21. The Balaban J connectivity index is 1.11. The zero-order valence-corrected chi connectivity index (χ0v) is 18.8. The summed E-state index contributed by atoms with van der Waals surface area (Å²) in [5.74, 6) is 3.54. The maximum absolute atomic E-state index is 12.9. The molecule has 2 fully saturated rings. The van der Waals surface area contributed by atoms with Crippen molar-refractivity contribution in [3.63, 3.8) is 0 Å². The number of piperidine rings is 1. The molecular formula is C26H32N4O2. The van der Waals surface area contributed by atoms with E-state index in [1.807, 2.05) is 6.07 Å². The van der Waals surface area contributed by atoms with E-state index in [1.165, 1.54) is 43.6 Å². The SMILES string of the molecule is C[C@@H]1CCc2cc(C(=O)N[C@H]3COc4cc(N5CC6CCC(C6)C5)ccc4C3)cnc2N1. The number of nitrogens with zero attached hydrogens (tertiary/aromatic N) is 2. The highest BCUT2D eigenvalue weighted by atomic mass is 16.5. The monoisotopic (exact) mass is 432 g/mol. The molecule has 2 unspecified atom stereocenters. The van der Waals surface area contributed by atoms with Crippen LogP contribution in [0.2, 0.25) is 0 Å². The molecule has 168 valence electrons. The van der Waals surface area contributed by atoms with Crippen LogP contribution in [0.4, 0.5) is 11.5 Å². The van der Waals surface area contributed by atoms with E-state index in [-0.39, 0.29) is 11.9 Å². The van der Waals surface area contributed by atoms with Crippen LogP contribution in [0.3, 0.4) is 0 Å². The number of carbonyl (C=O) groups is 1. The molecule has 3 aliphatic heterocycles. The summed E-state index contributed by atoms with van der Waals surface area (Å²) in [4.78, 5) is 19.9. The molecule has 2 aromatic rings. The highest BCUT2D eigenvalue weighted by molar-refractivity contribution is 5.94. The molecule has 4 aliphatic rings. The Kier molecular flexibility index (Phi) is 4.96. The average molecular weight is 433 g/mol. The molecule has 1 saturated heterocycles. The van der Waals surface area contributed by atoms with E-state index in [1.54, 1.807) is 6.20 Å². The first kappa shape index (κ1) is 19.9. The molecule has 1 amide bonds. The molecular weight excluding hydrogens is 400 g/mol. The van der Waals surface area contributed by atoms with Gasteiger partial charge in [0.25, 0.3) is 5.91 Å². The summed E-state index contributed by atoms with van der Waals surface area (Å²) in [6.07, 6.45) is 8.68. The Morgan fingerprint density at radius 3 is 2.84 bits per heavy atom. The van der Waals surface area contributed by atoms with Gasteiger partial charge in [0.2, 0.25) is 0 Å². The Morgan fingerprint density at radius 1 is 1.16 bits per heavy atom. The largest absolute Gasteiger partial charge is 0.491 e. The van der Waals surface area contributed by atoms with Crippen molar-refractivity contribution in [2.75, 3.05) is 29.9 Å². The van der Waals surface area contributed by atoms with E-state index < -0.39 is 0 Å². The molecule has 4 heterocycles. The van der Waals surface area contributed by atoms with Crippen molar-refractivity contribution < 1.29 is 9.53 Å². The predicted molar refractivity (Wildman–Crippen MR) is 126 cm³/mol. The third kappa shape index (κ3) is 3.80. The van der Waals surface area contributed by atoms with E-state index in [0.717, 1.165) is 48.2 Å². The van der Waals surface area contributed by atoms with Crippen LogP contribution >= 0.6 is 0 Å². The van der Waals surface area contributed by atoms with Crippen LogP contribution in [0.25, 0.3) is 0 Å². The zero-order valence-electron chi connectivity index (χ0n) is 18.8. The average Bonchev–Trinajstić information content (AvgIpc) is 3.15. The van der Waals surface area contributed by atoms with Crippen molar-refractivity contribution in [2.24, 2.45) is 11.8 Å². The van der Waals surface area contributed by atoms with E-state index in [2.05, 4.69) is 45.6 Å². The fraction of sp³-hybridized carbons (Fsp3) is 0.538. The topological polar surface area (TPSA) is 66.5 Å². The lowest BCUT2D eigenvalue weighted by Crippen LogP contribution is -2.43. The van der Waals surface area contributed by atoms with Gasteiger partial charge in [-0.15, -0.1) is 0 Å². The number of carbonyl (C=O) groups excluding carboxylic acids is 1. The Bertz CT molecular complexity index is 1030. The third-order valence-corrected chi connectivity index (χ3v) is 7.72. The summed E-state index contributed by atoms with van der Waals surface area (Å²) in [5, 5.41) is 6.54. The van der Waals surface area contributed by atoms with Gasteiger partial charge in [-0.1, -0.05) is 6.07 Å². The normalized spacial score (nSPS) is 28.2. The molecule has 1 aromatic carbocycles. The van der Waals surface area contributed by atoms with Gasteiger partial charge in [-0.25, -0.2) is 4.98 Å².